The Labute approximate surface area is 332 Å². The Balaban J connectivity index is 0.844. The number of pyridine rings is 1. The van der Waals surface area contributed by atoms with Crippen LogP contribution in [0.3, 0.4) is 0 Å². The molecule has 6 aromatic rings. The fourth-order valence-electron chi connectivity index (χ4n) is 8.39. The largest absolute Gasteiger partial charge is 0.506 e. The number of ether oxygens (including phenoxy) is 2. The van der Waals surface area contributed by atoms with E-state index < -0.39 is 6.10 Å². The van der Waals surface area contributed by atoms with Crippen molar-refractivity contribution in [3.63, 3.8) is 0 Å². The molecule has 3 aliphatic rings. The lowest BCUT2D eigenvalue weighted by molar-refractivity contribution is -0.159. The number of piperidine rings is 3. The smallest absolute Gasteiger partial charge is 0.307 e. The molecule has 4 heterocycles. The average Bonchev–Trinajstić information content (AvgIpc) is 3.24. The van der Waals surface area contributed by atoms with Gasteiger partial charge in [0.05, 0.1) is 24.6 Å². The van der Waals surface area contributed by atoms with Crippen LogP contribution in [0.25, 0.3) is 22.0 Å². The van der Waals surface area contributed by atoms with Crippen molar-refractivity contribution in [1.29, 1.82) is 0 Å². The second kappa shape index (κ2) is 17.6. The van der Waals surface area contributed by atoms with Gasteiger partial charge in [-0.25, -0.2) is 0 Å². The van der Waals surface area contributed by atoms with E-state index in [9.17, 15) is 19.8 Å². The van der Waals surface area contributed by atoms with E-state index in [-0.39, 0.29) is 35.7 Å². The van der Waals surface area contributed by atoms with Crippen molar-refractivity contribution >= 4 is 16.9 Å². The van der Waals surface area contributed by atoms with E-state index in [1.165, 1.54) is 17.7 Å². The first-order valence-electron chi connectivity index (χ1n) is 20.0. The van der Waals surface area contributed by atoms with Gasteiger partial charge in [-0.2, -0.15) is 0 Å². The summed E-state index contributed by atoms with van der Waals surface area (Å²) in [5, 5.41) is 25.1. The Morgan fingerprint density at radius 1 is 0.825 bits per heavy atom. The maximum Gasteiger partial charge on any atom is 0.307 e. The quantitative estimate of drug-likeness (QED) is 0.0794. The van der Waals surface area contributed by atoms with Crippen molar-refractivity contribution in [3.05, 3.63) is 166 Å². The van der Waals surface area contributed by atoms with Gasteiger partial charge in [0.1, 0.15) is 17.6 Å². The van der Waals surface area contributed by atoms with Gasteiger partial charge >= 0.3 is 5.97 Å². The molecule has 3 aliphatic heterocycles. The van der Waals surface area contributed by atoms with E-state index in [1.807, 2.05) is 36.4 Å². The second-order valence-electron chi connectivity index (χ2n) is 15.3. The first-order valence-corrected chi connectivity index (χ1v) is 20.0. The summed E-state index contributed by atoms with van der Waals surface area (Å²) in [6.45, 7) is 4.46. The fourth-order valence-corrected chi connectivity index (χ4v) is 8.39. The van der Waals surface area contributed by atoms with Crippen LogP contribution in [0.15, 0.2) is 132 Å². The van der Waals surface area contributed by atoms with Crippen LogP contribution in [0.1, 0.15) is 59.1 Å². The molecule has 9 heteroatoms. The number of esters is 1. The average molecular weight is 764 g/mol. The van der Waals surface area contributed by atoms with Gasteiger partial charge in [-0.05, 0) is 101 Å². The zero-order chi connectivity index (χ0) is 39.1. The molecule has 0 spiro atoms. The molecule has 9 nitrogen and oxygen atoms in total. The van der Waals surface area contributed by atoms with Crippen LogP contribution in [-0.2, 0) is 22.5 Å². The number of H-pyrrole nitrogens is 1. The number of aromatic nitrogens is 1. The highest BCUT2D eigenvalue weighted by molar-refractivity contribution is 5.87. The van der Waals surface area contributed by atoms with Crippen molar-refractivity contribution in [2.75, 3.05) is 32.8 Å². The standard InChI is InChI=1S/C48H49N3O6/c52-43-18-16-40(41-17-19-46(54)50-48(41)43)44(53)30-49-29-33-6-4-9-37(26-33)34-14-12-32(13-15-34)22-25-56-39-11-5-10-38(27-39)42(35-7-2-1-3-8-35)28-47(55)57-45-31-51-23-20-36(45)21-24-51/h1-19,26-27,36,42,44-45,49,52-53H,20-25,28-31H2,(H,50,54)/t42?,44-,45-/m0/s1. The van der Waals surface area contributed by atoms with Gasteiger partial charge in [0, 0.05) is 43.4 Å². The van der Waals surface area contributed by atoms with Crippen LogP contribution in [0, 0.1) is 5.92 Å². The number of phenolic OH excluding ortho intramolecular Hbond substituents is 1. The number of aromatic amines is 1. The van der Waals surface area contributed by atoms with Crippen molar-refractivity contribution in [1.82, 2.24) is 15.2 Å². The van der Waals surface area contributed by atoms with Gasteiger partial charge in [0.2, 0.25) is 5.56 Å². The molecule has 1 aromatic heterocycles. The van der Waals surface area contributed by atoms with Crippen molar-refractivity contribution in [3.8, 4) is 22.6 Å². The summed E-state index contributed by atoms with van der Waals surface area (Å²) >= 11 is 0. The summed E-state index contributed by atoms with van der Waals surface area (Å²) in [4.78, 5) is 30.2. The molecule has 0 aliphatic carbocycles. The lowest BCUT2D eigenvalue weighted by Gasteiger charge is -2.44. The fraction of sp³-hybridized carbons (Fsp3) is 0.292. The number of aliphatic hydroxyl groups is 1. The molecule has 3 fully saturated rings. The number of hydrogen-bond acceptors (Lipinski definition) is 8. The monoisotopic (exact) mass is 763 g/mol. The number of carbonyl (C=O) groups is 1. The van der Waals surface area contributed by atoms with E-state index in [0.29, 0.717) is 42.1 Å². The number of phenols is 1. The minimum absolute atomic E-state index is 0.00346. The number of carbonyl (C=O) groups excluding carboxylic acids is 1. The van der Waals surface area contributed by atoms with E-state index in [2.05, 4.69) is 81.9 Å². The molecule has 4 N–H and O–H groups in total. The van der Waals surface area contributed by atoms with Gasteiger partial charge < -0.3 is 30.0 Å². The van der Waals surface area contributed by atoms with Gasteiger partial charge in [0.15, 0.2) is 0 Å². The SMILES string of the molecule is O=C(CC(c1ccccc1)c1cccc(OCCc2ccc(-c3cccc(CNC[C@H](O)c4ccc(O)c5[nH]c(=O)ccc45)c3)cc2)c1)O[C@H]1CN2CCC1CC2. The molecule has 5 aromatic carbocycles. The molecule has 292 valence electrons. The third-order valence-corrected chi connectivity index (χ3v) is 11.5. The molecule has 3 saturated heterocycles. The third kappa shape index (κ3) is 9.29. The predicted octanol–water partition coefficient (Wildman–Crippen LogP) is 7.50. The highest BCUT2D eigenvalue weighted by Gasteiger charge is 2.37. The number of hydrogen-bond donors (Lipinski definition) is 4. The van der Waals surface area contributed by atoms with Crippen LogP contribution >= 0.6 is 0 Å². The highest BCUT2D eigenvalue weighted by atomic mass is 16.5. The minimum Gasteiger partial charge on any atom is -0.506 e. The third-order valence-electron chi connectivity index (χ3n) is 11.5. The van der Waals surface area contributed by atoms with Gasteiger partial charge in [-0.15, -0.1) is 0 Å². The molecule has 2 bridgehead atoms. The number of benzene rings is 5. The normalized spacial score (nSPS) is 18.6. The van der Waals surface area contributed by atoms with Crippen molar-refractivity contribution < 1.29 is 24.5 Å². The molecule has 3 atom stereocenters. The van der Waals surface area contributed by atoms with E-state index in [1.54, 1.807) is 12.1 Å². The van der Waals surface area contributed by atoms with Gasteiger partial charge in [-0.3, -0.25) is 14.5 Å². The topological polar surface area (TPSA) is 124 Å². The predicted molar refractivity (Wildman–Crippen MR) is 222 cm³/mol. The number of fused-ring (bicyclic) bond motifs is 4. The summed E-state index contributed by atoms with van der Waals surface area (Å²) in [5.74, 6) is 0.956. The Morgan fingerprint density at radius 3 is 2.40 bits per heavy atom. The number of nitrogens with zero attached hydrogens (tertiary/aromatic N) is 1. The van der Waals surface area contributed by atoms with Crippen LogP contribution in [-0.4, -0.2) is 65.0 Å². The van der Waals surface area contributed by atoms with Crippen molar-refractivity contribution in [2.45, 2.75) is 50.4 Å². The van der Waals surface area contributed by atoms with E-state index in [0.717, 1.165) is 72.5 Å². The maximum atomic E-state index is 13.4. The lowest BCUT2D eigenvalue weighted by Crippen LogP contribution is -2.52. The number of rotatable bonds is 15. The first kappa shape index (κ1) is 38.1. The lowest BCUT2D eigenvalue weighted by atomic mass is 9.85. The van der Waals surface area contributed by atoms with Gasteiger partial charge in [-0.1, -0.05) is 91.0 Å². The Hall–Kier alpha value is -5.74. The number of aromatic hydroxyl groups is 1. The highest BCUT2D eigenvalue weighted by Crippen LogP contribution is 2.34. The second-order valence-corrected chi connectivity index (χ2v) is 15.3. The number of aliphatic hydroxyl groups excluding tert-OH is 1. The zero-order valence-corrected chi connectivity index (χ0v) is 32.0. The van der Waals surface area contributed by atoms with Crippen LogP contribution < -0.4 is 15.6 Å². The number of nitrogens with one attached hydrogen (secondary N) is 2. The van der Waals surface area contributed by atoms with E-state index in [4.69, 9.17) is 9.47 Å². The van der Waals surface area contributed by atoms with Crippen LogP contribution in [0.5, 0.6) is 11.5 Å². The molecule has 1 unspecified atom stereocenters. The van der Waals surface area contributed by atoms with Crippen molar-refractivity contribution in [2.24, 2.45) is 5.92 Å². The Morgan fingerprint density at radius 2 is 1.61 bits per heavy atom. The zero-order valence-electron chi connectivity index (χ0n) is 32.0. The van der Waals surface area contributed by atoms with E-state index >= 15 is 0 Å². The first-order chi connectivity index (χ1) is 27.9. The van der Waals surface area contributed by atoms with Gasteiger partial charge in [0.25, 0.3) is 0 Å². The molecular formula is C48H49N3O6. The summed E-state index contributed by atoms with van der Waals surface area (Å²) in [6.07, 6.45) is 2.42. The minimum atomic E-state index is -0.830. The van der Waals surface area contributed by atoms with Crippen LogP contribution in [0.4, 0.5) is 0 Å². The maximum absolute atomic E-state index is 13.4. The van der Waals surface area contributed by atoms with Crippen LogP contribution in [0.2, 0.25) is 0 Å². The Kier molecular flexibility index (Phi) is 11.8. The summed E-state index contributed by atoms with van der Waals surface area (Å²) < 4.78 is 12.4. The molecular weight excluding hydrogens is 715 g/mol. The molecule has 0 amide bonds. The summed E-state index contributed by atoms with van der Waals surface area (Å²) in [7, 11) is 0. The summed E-state index contributed by atoms with van der Waals surface area (Å²) in [5.41, 5.74) is 7.22. The molecule has 0 radical (unpaired) electrons. The molecule has 9 rings (SSSR count). The Bertz CT molecular complexity index is 2350. The molecule has 0 saturated carbocycles. The molecule has 57 heavy (non-hydrogen) atoms. The summed E-state index contributed by atoms with van der Waals surface area (Å²) in [6, 6.07) is 41.3.